The standard InChI is InChI=1S/C14H27NO/c1-11(10-16-2)15-14-8-7-12-5-3-4-6-13(12)9-14/h11-15H,3-10H2,1-2H3. The molecule has 0 amide bonds. The van der Waals surface area contributed by atoms with Gasteiger partial charge in [-0.1, -0.05) is 25.7 Å². The maximum atomic E-state index is 5.19. The van der Waals surface area contributed by atoms with Crippen LogP contribution in [-0.2, 0) is 4.74 Å². The first-order chi connectivity index (χ1) is 7.79. The molecule has 2 fully saturated rings. The van der Waals surface area contributed by atoms with Gasteiger partial charge in [-0.25, -0.2) is 0 Å². The molecule has 0 saturated heterocycles. The summed E-state index contributed by atoms with van der Waals surface area (Å²) >= 11 is 0. The molecular formula is C14H27NO. The molecule has 4 atom stereocenters. The van der Waals surface area contributed by atoms with Crippen LogP contribution in [-0.4, -0.2) is 25.8 Å². The highest BCUT2D eigenvalue weighted by atomic mass is 16.5. The molecule has 2 aliphatic rings. The second-order valence-electron chi connectivity index (χ2n) is 5.84. The lowest BCUT2D eigenvalue weighted by molar-refractivity contribution is 0.121. The van der Waals surface area contributed by atoms with Gasteiger partial charge in [-0.15, -0.1) is 0 Å². The van der Waals surface area contributed by atoms with E-state index in [0.29, 0.717) is 6.04 Å². The summed E-state index contributed by atoms with van der Waals surface area (Å²) in [5.74, 6) is 2.08. The van der Waals surface area contributed by atoms with Crippen molar-refractivity contribution in [3.63, 3.8) is 0 Å². The van der Waals surface area contributed by atoms with Crippen LogP contribution >= 0.6 is 0 Å². The Hall–Kier alpha value is -0.0800. The second kappa shape index (κ2) is 6.02. The maximum absolute atomic E-state index is 5.19. The summed E-state index contributed by atoms with van der Waals surface area (Å²) in [4.78, 5) is 0. The Labute approximate surface area is 100 Å². The smallest absolute Gasteiger partial charge is 0.0613 e. The Morgan fingerprint density at radius 1 is 1.12 bits per heavy atom. The van der Waals surface area contributed by atoms with Crippen LogP contribution in [0.5, 0.6) is 0 Å². The zero-order valence-electron chi connectivity index (χ0n) is 10.9. The van der Waals surface area contributed by atoms with Crippen LogP contribution in [0, 0.1) is 11.8 Å². The van der Waals surface area contributed by atoms with Gasteiger partial charge in [-0.05, 0) is 38.0 Å². The SMILES string of the molecule is COCC(C)NC1CCC2CCCCC2C1. The molecule has 1 N–H and O–H groups in total. The number of fused-ring (bicyclic) bond motifs is 1. The summed E-state index contributed by atoms with van der Waals surface area (Å²) < 4.78 is 5.19. The van der Waals surface area contributed by atoms with Gasteiger partial charge in [-0.3, -0.25) is 0 Å². The van der Waals surface area contributed by atoms with Crippen LogP contribution in [0.3, 0.4) is 0 Å². The summed E-state index contributed by atoms with van der Waals surface area (Å²) in [6, 6.07) is 1.26. The summed E-state index contributed by atoms with van der Waals surface area (Å²) in [6.45, 7) is 3.07. The molecule has 2 heteroatoms. The molecule has 0 radical (unpaired) electrons. The molecule has 94 valence electrons. The van der Waals surface area contributed by atoms with Crippen LogP contribution in [0.1, 0.15) is 51.9 Å². The lowest BCUT2D eigenvalue weighted by atomic mass is 9.69. The van der Waals surface area contributed by atoms with Crippen molar-refractivity contribution < 1.29 is 4.74 Å². The second-order valence-corrected chi connectivity index (χ2v) is 5.84. The van der Waals surface area contributed by atoms with E-state index in [1.807, 2.05) is 0 Å². The van der Waals surface area contributed by atoms with Gasteiger partial charge >= 0.3 is 0 Å². The predicted octanol–water partition coefficient (Wildman–Crippen LogP) is 2.97. The van der Waals surface area contributed by atoms with E-state index in [0.717, 1.165) is 24.5 Å². The van der Waals surface area contributed by atoms with Crippen molar-refractivity contribution in [1.82, 2.24) is 5.32 Å². The van der Waals surface area contributed by atoms with Crippen LogP contribution < -0.4 is 5.32 Å². The Kier molecular flexibility index (Phi) is 4.66. The van der Waals surface area contributed by atoms with Gasteiger partial charge in [0.2, 0.25) is 0 Å². The lowest BCUT2D eigenvalue weighted by Gasteiger charge is -2.40. The first-order valence-corrected chi connectivity index (χ1v) is 7.04. The van der Waals surface area contributed by atoms with E-state index in [1.54, 1.807) is 7.11 Å². The largest absolute Gasteiger partial charge is 0.383 e. The van der Waals surface area contributed by atoms with Gasteiger partial charge in [0.15, 0.2) is 0 Å². The van der Waals surface area contributed by atoms with Crippen LogP contribution in [0.2, 0.25) is 0 Å². The highest BCUT2D eigenvalue weighted by Crippen LogP contribution is 2.40. The molecule has 0 aromatic rings. The first-order valence-electron chi connectivity index (χ1n) is 7.04. The molecule has 0 heterocycles. The lowest BCUT2D eigenvalue weighted by Crippen LogP contribution is -2.44. The summed E-state index contributed by atoms with van der Waals surface area (Å²) in [6.07, 6.45) is 10.2. The average Bonchev–Trinajstić information content (AvgIpc) is 2.29. The molecule has 0 spiro atoms. The maximum Gasteiger partial charge on any atom is 0.0613 e. The van der Waals surface area contributed by atoms with E-state index in [-0.39, 0.29) is 0 Å². The fourth-order valence-electron chi connectivity index (χ4n) is 3.73. The normalized spacial score (nSPS) is 36.8. The van der Waals surface area contributed by atoms with Crippen molar-refractivity contribution >= 4 is 0 Å². The molecule has 0 bridgehead atoms. The molecule has 2 rings (SSSR count). The van der Waals surface area contributed by atoms with Gasteiger partial charge in [0.05, 0.1) is 6.61 Å². The Morgan fingerprint density at radius 3 is 2.62 bits per heavy atom. The van der Waals surface area contributed by atoms with Crippen molar-refractivity contribution in [2.24, 2.45) is 11.8 Å². The van der Waals surface area contributed by atoms with E-state index in [4.69, 9.17) is 4.74 Å². The molecule has 0 aliphatic heterocycles. The fraction of sp³-hybridized carbons (Fsp3) is 1.00. The van der Waals surface area contributed by atoms with E-state index >= 15 is 0 Å². The van der Waals surface area contributed by atoms with Crippen molar-refractivity contribution in [3.8, 4) is 0 Å². The molecule has 0 aromatic heterocycles. The third-order valence-electron chi connectivity index (χ3n) is 4.48. The van der Waals surface area contributed by atoms with Crippen molar-refractivity contribution in [2.75, 3.05) is 13.7 Å². The van der Waals surface area contributed by atoms with Crippen molar-refractivity contribution in [1.29, 1.82) is 0 Å². The molecule has 4 unspecified atom stereocenters. The quantitative estimate of drug-likeness (QED) is 0.794. The number of ether oxygens (including phenoxy) is 1. The fourth-order valence-corrected chi connectivity index (χ4v) is 3.73. The monoisotopic (exact) mass is 225 g/mol. The Bertz CT molecular complexity index is 207. The number of hydrogen-bond donors (Lipinski definition) is 1. The first kappa shape index (κ1) is 12.4. The van der Waals surface area contributed by atoms with Crippen LogP contribution in [0.4, 0.5) is 0 Å². The van der Waals surface area contributed by atoms with Gasteiger partial charge in [0.1, 0.15) is 0 Å². The van der Waals surface area contributed by atoms with Gasteiger partial charge in [-0.2, -0.15) is 0 Å². The molecular weight excluding hydrogens is 198 g/mol. The number of hydrogen-bond acceptors (Lipinski definition) is 2. The molecule has 2 nitrogen and oxygen atoms in total. The van der Waals surface area contributed by atoms with E-state index < -0.39 is 0 Å². The van der Waals surface area contributed by atoms with E-state index in [9.17, 15) is 0 Å². The minimum Gasteiger partial charge on any atom is -0.383 e. The molecule has 2 aliphatic carbocycles. The number of methoxy groups -OCH3 is 1. The summed E-state index contributed by atoms with van der Waals surface area (Å²) in [7, 11) is 1.79. The molecule has 2 saturated carbocycles. The van der Waals surface area contributed by atoms with E-state index in [1.165, 1.54) is 44.9 Å². The predicted molar refractivity (Wildman–Crippen MR) is 67.6 cm³/mol. The average molecular weight is 225 g/mol. The minimum absolute atomic E-state index is 0.509. The van der Waals surface area contributed by atoms with Crippen LogP contribution in [0.25, 0.3) is 0 Å². The van der Waals surface area contributed by atoms with Crippen molar-refractivity contribution in [3.05, 3.63) is 0 Å². The summed E-state index contributed by atoms with van der Waals surface area (Å²) in [5, 5.41) is 3.73. The third-order valence-corrected chi connectivity index (χ3v) is 4.48. The minimum atomic E-state index is 0.509. The Balaban J connectivity index is 1.76. The molecule has 16 heavy (non-hydrogen) atoms. The number of nitrogens with one attached hydrogen (secondary N) is 1. The summed E-state index contributed by atoms with van der Waals surface area (Å²) in [5.41, 5.74) is 0. The highest BCUT2D eigenvalue weighted by molar-refractivity contribution is 4.87. The third kappa shape index (κ3) is 3.21. The van der Waals surface area contributed by atoms with Crippen LogP contribution in [0.15, 0.2) is 0 Å². The van der Waals surface area contributed by atoms with E-state index in [2.05, 4.69) is 12.2 Å². The van der Waals surface area contributed by atoms with Gasteiger partial charge in [0, 0.05) is 19.2 Å². The number of rotatable bonds is 4. The Morgan fingerprint density at radius 2 is 1.88 bits per heavy atom. The highest BCUT2D eigenvalue weighted by Gasteiger charge is 2.32. The van der Waals surface area contributed by atoms with Crippen molar-refractivity contribution in [2.45, 2.75) is 64.0 Å². The zero-order chi connectivity index (χ0) is 11.4. The van der Waals surface area contributed by atoms with Gasteiger partial charge < -0.3 is 10.1 Å². The molecule has 0 aromatic carbocycles. The van der Waals surface area contributed by atoms with Gasteiger partial charge in [0.25, 0.3) is 0 Å². The topological polar surface area (TPSA) is 21.3 Å². The zero-order valence-corrected chi connectivity index (χ0v) is 10.9.